The van der Waals surface area contributed by atoms with Crippen LogP contribution in [0.4, 0.5) is 0 Å². The summed E-state index contributed by atoms with van der Waals surface area (Å²) in [6.07, 6.45) is 0. The number of ether oxygens (including phenoxy) is 1. The zero-order valence-electron chi connectivity index (χ0n) is 8.45. The molecule has 0 atom stereocenters. The molecule has 0 aliphatic carbocycles. The number of aliphatic imine (C=N–C) groups is 1. The van der Waals surface area contributed by atoms with Crippen LogP contribution in [-0.2, 0) is 9.53 Å². The highest BCUT2D eigenvalue weighted by Crippen LogP contribution is 2.19. The Morgan fingerprint density at radius 3 is 2.43 bits per heavy atom. The van der Waals surface area contributed by atoms with E-state index in [9.17, 15) is 4.79 Å². The van der Waals surface area contributed by atoms with Crippen molar-refractivity contribution in [3.05, 3.63) is 9.40 Å². The van der Waals surface area contributed by atoms with Gasteiger partial charge in [-0.1, -0.05) is 0 Å². The molecule has 0 bridgehead atoms. The van der Waals surface area contributed by atoms with Crippen molar-refractivity contribution in [2.24, 2.45) is 10.8 Å². The monoisotopic (exact) mass is 311 g/mol. The van der Waals surface area contributed by atoms with Crippen molar-refractivity contribution in [1.82, 2.24) is 5.01 Å². The lowest BCUT2D eigenvalue weighted by Crippen LogP contribution is -2.35. The minimum absolute atomic E-state index is 0.0725. The molecule has 0 aliphatic rings. The third-order valence-corrected chi connectivity index (χ3v) is 2.58. The summed E-state index contributed by atoms with van der Waals surface area (Å²) in [5.41, 5.74) is 0.129. The first-order valence-corrected chi connectivity index (χ1v) is 5.02. The largest absolute Gasteiger partial charge is 0.464 e. The first kappa shape index (κ1) is 13.4. The highest BCUT2D eigenvalue weighted by atomic mass is 127. The number of hydrazine groups is 1. The number of rotatable bonds is 4. The molecule has 0 fully saturated rings. The summed E-state index contributed by atoms with van der Waals surface area (Å²) in [7, 11) is 1.29. The lowest BCUT2D eigenvalue weighted by atomic mass is 10.4. The summed E-state index contributed by atoms with van der Waals surface area (Å²) in [4.78, 5) is 14.8. The van der Waals surface area contributed by atoms with E-state index in [1.807, 2.05) is 36.4 Å². The molecule has 0 amide bonds. The molecule has 0 aromatic heterocycles. The average molecular weight is 311 g/mol. The van der Waals surface area contributed by atoms with Gasteiger partial charge in [0.1, 0.15) is 3.70 Å². The molecule has 14 heavy (non-hydrogen) atoms. The molecule has 5 nitrogen and oxygen atoms in total. The van der Waals surface area contributed by atoms with E-state index in [1.165, 1.54) is 12.1 Å². The van der Waals surface area contributed by atoms with Gasteiger partial charge in [0.25, 0.3) is 0 Å². The molecular formula is C8H14IN3O2. The van der Waals surface area contributed by atoms with Gasteiger partial charge in [-0.15, -0.1) is 0 Å². The second kappa shape index (κ2) is 5.97. The Labute approximate surface area is 97.1 Å². The van der Waals surface area contributed by atoms with E-state index in [0.717, 1.165) is 0 Å². The van der Waals surface area contributed by atoms with E-state index in [1.54, 1.807) is 0 Å². The molecule has 0 saturated carbocycles. The van der Waals surface area contributed by atoms with Crippen LogP contribution in [0.5, 0.6) is 0 Å². The predicted octanol–water partition coefficient (Wildman–Crippen LogP) is 1.05. The van der Waals surface area contributed by atoms with Crippen LogP contribution >= 0.6 is 22.6 Å². The molecule has 80 valence electrons. The minimum atomic E-state index is -0.541. The van der Waals surface area contributed by atoms with Crippen LogP contribution in [0.15, 0.2) is 14.4 Å². The fraction of sp³-hybridized carbons (Fsp3) is 0.500. The van der Waals surface area contributed by atoms with E-state index < -0.39 is 5.97 Å². The summed E-state index contributed by atoms with van der Waals surface area (Å²) in [5.74, 6) is 5.16. The number of nitrogens with two attached hydrogens (primary N) is 1. The van der Waals surface area contributed by atoms with Gasteiger partial charge in [0.2, 0.25) is 0 Å². The average Bonchev–Trinajstić information content (AvgIpc) is 2.16. The number of esters is 1. The van der Waals surface area contributed by atoms with Gasteiger partial charge in [0.05, 0.1) is 7.11 Å². The summed E-state index contributed by atoms with van der Waals surface area (Å²) >= 11 is 1.93. The summed E-state index contributed by atoms with van der Waals surface area (Å²) in [6, 6.07) is 0.0725. The number of carbonyl (C=O) groups excluding carboxylic acids is 1. The molecular weight excluding hydrogens is 297 g/mol. The van der Waals surface area contributed by atoms with Crippen LogP contribution in [0, 0.1) is 0 Å². The van der Waals surface area contributed by atoms with Crippen molar-refractivity contribution in [3.8, 4) is 0 Å². The lowest BCUT2D eigenvalue weighted by Gasteiger charge is -2.22. The predicted molar refractivity (Wildman–Crippen MR) is 63.8 cm³/mol. The molecule has 2 N–H and O–H groups in total. The molecule has 0 saturated heterocycles. The van der Waals surface area contributed by atoms with Crippen LogP contribution in [0.25, 0.3) is 0 Å². The van der Waals surface area contributed by atoms with E-state index >= 15 is 0 Å². The quantitative estimate of drug-likeness (QED) is 0.160. The molecule has 0 radical (unpaired) electrons. The fourth-order valence-electron chi connectivity index (χ4n) is 0.660. The topological polar surface area (TPSA) is 67.9 Å². The SMILES string of the molecule is C=N/C(C(=O)OC)=C(/I)N(N)C(C)C. The number of methoxy groups -OCH3 is 1. The second-order valence-electron chi connectivity index (χ2n) is 2.79. The van der Waals surface area contributed by atoms with E-state index in [4.69, 9.17) is 5.84 Å². The number of nitrogens with zero attached hydrogens (tertiary/aromatic N) is 2. The molecule has 0 spiro atoms. The van der Waals surface area contributed by atoms with Gasteiger partial charge in [-0.05, 0) is 43.2 Å². The first-order chi connectivity index (χ1) is 6.45. The third-order valence-electron chi connectivity index (χ3n) is 1.52. The Morgan fingerprint density at radius 1 is 1.64 bits per heavy atom. The summed E-state index contributed by atoms with van der Waals surface area (Å²) in [6.45, 7) is 7.10. The highest BCUT2D eigenvalue weighted by Gasteiger charge is 2.17. The minimum Gasteiger partial charge on any atom is -0.464 e. The fourth-order valence-corrected chi connectivity index (χ4v) is 1.61. The van der Waals surface area contributed by atoms with Crippen LogP contribution in [0.3, 0.4) is 0 Å². The molecule has 0 aromatic rings. The summed E-state index contributed by atoms with van der Waals surface area (Å²) < 4.78 is 5.05. The van der Waals surface area contributed by atoms with Crippen molar-refractivity contribution in [2.45, 2.75) is 19.9 Å². The smallest absolute Gasteiger partial charge is 0.359 e. The molecule has 0 rings (SSSR count). The molecule has 0 heterocycles. The van der Waals surface area contributed by atoms with E-state index in [2.05, 4.69) is 16.4 Å². The summed E-state index contributed by atoms with van der Waals surface area (Å²) in [5, 5.41) is 1.43. The number of carbonyl (C=O) groups is 1. The highest BCUT2D eigenvalue weighted by molar-refractivity contribution is 14.1. The zero-order chi connectivity index (χ0) is 11.3. The van der Waals surface area contributed by atoms with Crippen molar-refractivity contribution in [2.75, 3.05) is 7.11 Å². The Balaban J connectivity index is 5.01. The van der Waals surface area contributed by atoms with Crippen molar-refractivity contribution >= 4 is 35.3 Å². The maximum Gasteiger partial charge on any atom is 0.359 e. The van der Waals surface area contributed by atoms with Gasteiger partial charge in [-0.2, -0.15) is 0 Å². The molecule has 0 aromatic carbocycles. The van der Waals surface area contributed by atoms with Crippen molar-refractivity contribution in [1.29, 1.82) is 0 Å². The Morgan fingerprint density at radius 2 is 2.14 bits per heavy atom. The number of hydrogen-bond acceptors (Lipinski definition) is 5. The maximum atomic E-state index is 11.2. The Kier molecular flexibility index (Phi) is 5.70. The standard InChI is InChI=1S/C8H14IN3O2/c1-5(2)12(10)7(9)6(11-3)8(13)14-4/h5H,3,10H2,1-2,4H3/b7-6-. The lowest BCUT2D eigenvalue weighted by molar-refractivity contribution is -0.136. The van der Waals surface area contributed by atoms with Crippen molar-refractivity contribution < 1.29 is 9.53 Å². The van der Waals surface area contributed by atoms with Crippen LogP contribution in [-0.4, -0.2) is 30.8 Å². The molecule has 0 unspecified atom stereocenters. The van der Waals surface area contributed by atoms with Crippen LogP contribution in [0.2, 0.25) is 0 Å². The normalized spacial score (nSPS) is 12.1. The van der Waals surface area contributed by atoms with Gasteiger partial charge in [0, 0.05) is 6.04 Å². The molecule has 0 aliphatic heterocycles. The van der Waals surface area contributed by atoms with Crippen molar-refractivity contribution in [3.63, 3.8) is 0 Å². The third kappa shape index (κ3) is 3.26. The maximum absolute atomic E-state index is 11.2. The van der Waals surface area contributed by atoms with Crippen LogP contribution in [0.1, 0.15) is 13.8 Å². The van der Waals surface area contributed by atoms with Gasteiger partial charge in [0.15, 0.2) is 5.70 Å². The first-order valence-electron chi connectivity index (χ1n) is 3.94. The van der Waals surface area contributed by atoms with Gasteiger partial charge < -0.3 is 9.75 Å². The van der Waals surface area contributed by atoms with Crippen LogP contribution < -0.4 is 5.84 Å². The Bertz CT molecular complexity index is 263. The van der Waals surface area contributed by atoms with Gasteiger partial charge >= 0.3 is 5.97 Å². The second-order valence-corrected chi connectivity index (χ2v) is 3.81. The Hall–Kier alpha value is -0.630. The zero-order valence-corrected chi connectivity index (χ0v) is 10.6. The number of hydrogen-bond donors (Lipinski definition) is 1. The van der Waals surface area contributed by atoms with Gasteiger partial charge in [-0.25, -0.2) is 10.6 Å². The number of halogens is 1. The van der Waals surface area contributed by atoms with Gasteiger partial charge in [-0.3, -0.25) is 4.99 Å². The van der Waals surface area contributed by atoms with E-state index in [0.29, 0.717) is 3.70 Å². The van der Waals surface area contributed by atoms with E-state index in [-0.39, 0.29) is 11.7 Å². The molecule has 6 heteroatoms.